The number of rotatable bonds is 3. The van der Waals surface area contributed by atoms with Crippen molar-refractivity contribution in [3.8, 4) is 0 Å². The molecule has 0 saturated carbocycles. The molecule has 0 fully saturated rings. The molecule has 0 amide bonds. The van der Waals surface area contributed by atoms with Crippen molar-refractivity contribution in [3.05, 3.63) is 30.2 Å². The Morgan fingerprint density at radius 3 is 2.59 bits per heavy atom. The number of oxazole rings is 1. The molecule has 1 aromatic carbocycles. The molecule has 2 rings (SSSR count). The molecule has 1 heterocycles. The second kappa shape index (κ2) is 4.49. The van der Waals surface area contributed by atoms with Gasteiger partial charge in [0.25, 0.3) is 0 Å². The normalized spacial score (nSPS) is 14.1. The number of nitrogens with zero attached hydrogens (tertiary/aromatic N) is 1. The molecule has 0 bridgehead atoms. The molecule has 0 saturated heterocycles. The van der Waals surface area contributed by atoms with E-state index in [0.717, 1.165) is 23.4 Å². The van der Waals surface area contributed by atoms with Crippen LogP contribution in [0.2, 0.25) is 0 Å². The Labute approximate surface area is 102 Å². The molecule has 1 unspecified atom stereocenters. The van der Waals surface area contributed by atoms with Crippen molar-refractivity contribution in [3.63, 3.8) is 0 Å². The van der Waals surface area contributed by atoms with E-state index in [1.165, 1.54) is 0 Å². The summed E-state index contributed by atoms with van der Waals surface area (Å²) in [5, 5.41) is 0. The third-order valence-corrected chi connectivity index (χ3v) is 2.80. The molecule has 3 nitrogen and oxygen atoms in total. The van der Waals surface area contributed by atoms with Crippen LogP contribution in [0.3, 0.4) is 0 Å². The van der Waals surface area contributed by atoms with E-state index in [-0.39, 0.29) is 11.3 Å². The van der Waals surface area contributed by atoms with Gasteiger partial charge >= 0.3 is 0 Å². The first kappa shape index (κ1) is 12.1. The Morgan fingerprint density at radius 2 is 2.00 bits per heavy atom. The zero-order chi connectivity index (χ0) is 12.5. The Balaban J connectivity index is 2.30. The van der Waals surface area contributed by atoms with Gasteiger partial charge in [0.1, 0.15) is 5.52 Å². The van der Waals surface area contributed by atoms with Crippen LogP contribution in [0.15, 0.2) is 28.7 Å². The predicted octanol–water partition coefficient (Wildman–Crippen LogP) is 3.31. The lowest BCUT2D eigenvalue weighted by molar-refractivity contribution is 0.314. The van der Waals surface area contributed by atoms with Crippen LogP contribution in [-0.2, 0) is 0 Å². The van der Waals surface area contributed by atoms with Crippen molar-refractivity contribution >= 4 is 11.1 Å². The molecular formula is C14H20N2O. The average molecular weight is 232 g/mol. The highest BCUT2D eigenvalue weighted by Gasteiger charge is 2.23. The van der Waals surface area contributed by atoms with E-state index in [2.05, 4.69) is 25.8 Å². The average Bonchev–Trinajstić information content (AvgIpc) is 2.67. The van der Waals surface area contributed by atoms with Crippen molar-refractivity contribution in [2.24, 2.45) is 11.1 Å². The lowest BCUT2D eigenvalue weighted by atomic mass is 9.84. The molecule has 0 spiro atoms. The van der Waals surface area contributed by atoms with Crippen molar-refractivity contribution in [2.45, 2.75) is 33.1 Å². The van der Waals surface area contributed by atoms with E-state index < -0.39 is 0 Å². The lowest BCUT2D eigenvalue weighted by Crippen LogP contribution is -2.19. The maximum Gasteiger partial charge on any atom is 0.199 e. The van der Waals surface area contributed by atoms with E-state index in [9.17, 15) is 0 Å². The van der Waals surface area contributed by atoms with Gasteiger partial charge in [0.15, 0.2) is 11.5 Å². The topological polar surface area (TPSA) is 52.0 Å². The Hall–Kier alpha value is -1.35. The van der Waals surface area contributed by atoms with E-state index in [4.69, 9.17) is 10.2 Å². The maximum absolute atomic E-state index is 5.83. The summed E-state index contributed by atoms with van der Waals surface area (Å²) in [6.07, 6.45) is 0.982. The van der Waals surface area contributed by atoms with Gasteiger partial charge < -0.3 is 10.2 Å². The first-order chi connectivity index (χ1) is 7.99. The first-order valence-corrected chi connectivity index (χ1v) is 6.05. The van der Waals surface area contributed by atoms with Gasteiger partial charge in [-0.2, -0.15) is 0 Å². The van der Waals surface area contributed by atoms with Crippen molar-refractivity contribution in [1.29, 1.82) is 0 Å². The van der Waals surface area contributed by atoms with Gasteiger partial charge in [-0.25, -0.2) is 4.98 Å². The van der Waals surface area contributed by atoms with E-state index in [1.54, 1.807) is 0 Å². The van der Waals surface area contributed by atoms with Crippen molar-refractivity contribution < 1.29 is 4.42 Å². The number of hydrogen-bond acceptors (Lipinski definition) is 3. The SMILES string of the molecule is CC(C)(C)CC(CN)c1nc2ccccc2o1. The molecule has 17 heavy (non-hydrogen) atoms. The van der Waals surface area contributed by atoms with Gasteiger partial charge in [0.2, 0.25) is 0 Å². The molecular weight excluding hydrogens is 212 g/mol. The van der Waals surface area contributed by atoms with Gasteiger partial charge in [0, 0.05) is 12.5 Å². The third-order valence-electron chi connectivity index (χ3n) is 2.80. The van der Waals surface area contributed by atoms with Crippen LogP contribution >= 0.6 is 0 Å². The highest BCUT2D eigenvalue weighted by Crippen LogP contribution is 2.31. The zero-order valence-electron chi connectivity index (χ0n) is 10.7. The molecule has 3 heteroatoms. The van der Waals surface area contributed by atoms with Crippen LogP contribution in [0.4, 0.5) is 0 Å². The Morgan fingerprint density at radius 1 is 1.29 bits per heavy atom. The number of hydrogen-bond donors (Lipinski definition) is 1. The minimum Gasteiger partial charge on any atom is -0.440 e. The van der Waals surface area contributed by atoms with Gasteiger partial charge in [-0.15, -0.1) is 0 Å². The van der Waals surface area contributed by atoms with Crippen LogP contribution in [0.1, 0.15) is 39.0 Å². The Kier molecular flexibility index (Phi) is 3.20. The largest absolute Gasteiger partial charge is 0.440 e. The van der Waals surface area contributed by atoms with Gasteiger partial charge in [-0.3, -0.25) is 0 Å². The molecule has 0 aliphatic carbocycles. The molecule has 0 aliphatic heterocycles. The highest BCUT2D eigenvalue weighted by molar-refractivity contribution is 5.72. The quantitative estimate of drug-likeness (QED) is 0.883. The van der Waals surface area contributed by atoms with E-state index >= 15 is 0 Å². The third kappa shape index (κ3) is 2.86. The van der Waals surface area contributed by atoms with E-state index in [0.29, 0.717) is 6.54 Å². The van der Waals surface area contributed by atoms with Gasteiger partial charge in [-0.1, -0.05) is 32.9 Å². The van der Waals surface area contributed by atoms with Crippen LogP contribution < -0.4 is 5.73 Å². The monoisotopic (exact) mass is 232 g/mol. The Bertz CT molecular complexity index is 463. The molecule has 0 radical (unpaired) electrons. The predicted molar refractivity (Wildman–Crippen MR) is 69.9 cm³/mol. The van der Waals surface area contributed by atoms with Crippen molar-refractivity contribution in [2.75, 3.05) is 6.54 Å². The van der Waals surface area contributed by atoms with Gasteiger partial charge in [0.05, 0.1) is 0 Å². The summed E-state index contributed by atoms with van der Waals surface area (Å²) in [7, 11) is 0. The highest BCUT2D eigenvalue weighted by atomic mass is 16.3. The van der Waals surface area contributed by atoms with Crippen LogP contribution in [0.5, 0.6) is 0 Å². The fourth-order valence-electron chi connectivity index (χ4n) is 2.08. The molecule has 92 valence electrons. The maximum atomic E-state index is 5.83. The second-order valence-electron chi connectivity index (χ2n) is 5.72. The number of fused-ring (bicyclic) bond motifs is 1. The summed E-state index contributed by atoms with van der Waals surface area (Å²) in [5.41, 5.74) is 7.82. The molecule has 1 atom stereocenters. The van der Waals surface area contributed by atoms with Crippen LogP contribution in [0.25, 0.3) is 11.1 Å². The van der Waals surface area contributed by atoms with Crippen LogP contribution in [0, 0.1) is 5.41 Å². The van der Waals surface area contributed by atoms with Gasteiger partial charge in [-0.05, 0) is 24.0 Å². The lowest BCUT2D eigenvalue weighted by Gasteiger charge is -2.22. The smallest absolute Gasteiger partial charge is 0.199 e. The minimum atomic E-state index is 0.197. The number of benzene rings is 1. The summed E-state index contributed by atoms with van der Waals surface area (Å²) in [5.74, 6) is 0.964. The molecule has 2 N–H and O–H groups in total. The summed E-state index contributed by atoms with van der Waals surface area (Å²) < 4.78 is 5.78. The number of para-hydroxylation sites is 2. The van der Waals surface area contributed by atoms with E-state index in [1.807, 2.05) is 24.3 Å². The van der Waals surface area contributed by atoms with Crippen LogP contribution in [-0.4, -0.2) is 11.5 Å². The fraction of sp³-hybridized carbons (Fsp3) is 0.500. The molecule has 1 aromatic heterocycles. The second-order valence-corrected chi connectivity index (χ2v) is 5.72. The standard InChI is InChI=1S/C14H20N2O/c1-14(2,3)8-10(9-15)13-16-11-6-4-5-7-12(11)17-13/h4-7,10H,8-9,15H2,1-3H3. The summed E-state index contributed by atoms with van der Waals surface area (Å²) in [6, 6.07) is 7.83. The molecule has 2 aromatic rings. The summed E-state index contributed by atoms with van der Waals surface area (Å²) >= 11 is 0. The molecule has 0 aliphatic rings. The fourth-order valence-corrected chi connectivity index (χ4v) is 2.08. The first-order valence-electron chi connectivity index (χ1n) is 6.05. The zero-order valence-corrected chi connectivity index (χ0v) is 10.7. The van der Waals surface area contributed by atoms with Crippen molar-refractivity contribution in [1.82, 2.24) is 4.98 Å². The minimum absolute atomic E-state index is 0.197. The number of nitrogens with two attached hydrogens (primary N) is 1. The summed E-state index contributed by atoms with van der Waals surface area (Å²) in [6.45, 7) is 7.19. The number of aromatic nitrogens is 1. The summed E-state index contributed by atoms with van der Waals surface area (Å²) in [4.78, 5) is 4.52.